The molecule has 0 fully saturated rings. The molecule has 0 atom stereocenters. The van der Waals surface area contributed by atoms with Crippen LogP contribution in [-0.2, 0) is 0 Å². The standard InChI is InChI=1S/C9H21NSi2/c1-11(2,3)9-7-8-10-12(4,5)6/h10H,8H2,1-6H3. The van der Waals surface area contributed by atoms with Crippen LogP contribution in [0, 0.1) is 11.5 Å². The summed E-state index contributed by atoms with van der Waals surface area (Å²) in [7, 11) is -2.23. The highest BCUT2D eigenvalue weighted by Gasteiger charge is 2.10. The number of hydrogen-bond acceptors (Lipinski definition) is 1. The molecule has 12 heavy (non-hydrogen) atoms. The molecule has 1 nitrogen and oxygen atoms in total. The van der Waals surface area contributed by atoms with Crippen LogP contribution in [-0.4, -0.2) is 22.9 Å². The van der Waals surface area contributed by atoms with Crippen LogP contribution in [0.3, 0.4) is 0 Å². The average Bonchev–Trinajstić information content (AvgIpc) is 1.76. The van der Waals surface area contributed by atoms with Crippen molar-refractivity contribution in [3.8, 4) is 11.5 Å². The summed E-state index contributed by atoms with van der Waals surface area (Å²) in [5.41, 5.74) is 3.34. The lowest BCUT2D eigenvalue weighted by Crippen LogP contribution is -2.41. The molecule has 1 N–H and O–H groups in total. The lowest BCUT2D eigenvalue weighted by molar-refractivity contribution is 1.06. The molecule has 0 bridgehead atoms. The van der Waals surface area contributed by atoms with Crippen molar-refractivity contribution >= 4 is 16.3 Å². The first-order chi connectivity index (χ1) is 5.21. The summed E-state index contributed by atoms with van der Waals surface area (Å²) < 4.78 is 0. The van der Waals surface area contributed by atoms with Crippen LogP contribution in [0.5, 0.6) is 0 Å². The van der Waals surface area contributed by atoms with Gasteiger partial charge in [0.25, 0.3) is 0 Å². The van der Waals surface area contributed by atoms with E-state index in [4.69, 9.17) is 0 Å². The van der Waals surface area contributed by atoms with E-state index < -0.39 is 16.3 Å². The van der Waals surface area contributed by atoms with E-state index in [1.165, 1.54) is 0 Å². The number of nitrogens with one attached hydrogen (secondary N) is 1. The van der Waals surface area contributed by atoms with Gasteiger partial charge in [-0.3, -0.25) is 0 Å². The van der Waals surface area contributed by atoms with Crippen LogP contribution >= 0.6 is 0 Å². The summed E-state index contributed by atoms with van der Waals surface area (Å²) in [4.78, 5) is 3.48. The summed E-state index contributed by atoms with van der Waals surface area (Å²) in [6, 6.07) is 0. The average molecular weight is 199 g/mol. The van der Waals surface area contributed by atoms with E-state index >= 15 is 0 Å². The van der Waals surface area contributed by atoms with Crippen molar-refractivity contribution in [3.05, 3.63) is 0 Å². The van der Waals surface area contributed by atoms with Gasteiger partial charge in [-0.1, -0.05) is 45.2 Å². The summed E-state index contributed by atoms with van der Waals surface area (Å²) >= 11 is 0. The highest BCUT2D eigenvalue weighted by atomic mass is 28.3. The van der Waals surface area contributed by atoms with Gasteiger partial charge < -0.3 is 4.98 Å². The topological polar surface area (TPSA) is 12.0 Å². The van der Waals surface area contributed by atoms with E-state index in [2.05, 4.69) is 55.7 Å². The first-order valence-corrected chi connectivity index (χ1v) is 11.5. The Morgan fingerprint density at radius 3 is 1.83 bits per heavy atom. The summed E-state index contributed by atoms with van der Waals surface area (Å²) in [6.07, 6.45) is 0. The van der Waals surface area contributed by atoms with E-state index in [1.54, 1.807) is 0 Å². The van der Waals surface area contributed by atoms with Gasteiger partial charge in [0.1, 0.15) is 16.3 Å². The Morgan fingerprint density at radius 2 is 1.50 bits per heavy atom. The van der Waals surface area contributed by atoms with Crippen LogP contribution in [0.2, 0.25) is 39.3 Å². The van der Waals surface area contributed by atoms with E-state index in [-0.39, 0.29) is 0 Å². The first kappa shape index (κ1) is 12.0. The normalized spacial score (nSPS) is 12.2. The second-order valence-corrected chi connectivity index (χ2v) is 14.8. The lowest BCUT2D eigenvalue weighted by Gasteiger charge is -2.15. The fourth-order valence-corrected chi connectivity index (χ4v) is 1.86. The molecule has 3 heteroatoms. The number of rotatable bonds is 2. The van der Waals surface area contributed by atoms with Crippen LogP contribution in [0.15, 0.2) is 0 Å². The minimum Gasteiger partial charge on any atom is -0.327 e. The molecule has 0 aromatic heterocycles. The largest absolute Gasteiger partial charge is 0.327 e. The van der Waals surface area contributed by atoms with Crippen LogP contribution in [0.1, 0.15) is 0 Å². The Bertz CT molecular complexity index is 187. The second kappa shape index (κ2) is 4.26. The van der Waals surface area contributed by atoms with Gasteiger partial charge >= 0.3 is 0 Å². The third kappa shape index (κ3) is 9.95. The third-order valence-electron chi connectivity index (χ3n) is 1.17. The van der Waals surface area contributed by atoms with Gasteiger partial charge in [0.05, 0.1) is 6.54 Å². The van der Waals surface area contributed by atoms with Crippen molar-refractivity contribution in [2.45, 2.75) is 39.3 Å². The van der Waals surface area contributed by atoms with Gasteiger partial charge in [0.15, 0.2) is 0 Å². The molecule has 0 spiro atoms. The van der Waals surface area contributed by atoms with Crippen molar-refractivity contribution in [2.24, 2.45) is 0 Å². The third-order valence-corrected chi connectivity index (χ3v) is 3.33. The highest BCUT2D eigenvalue weighted by Crippen LogP contribution is 1.96. The molecule has 0 amide bonds. The van der Waals surface area contributed by atoms with Gasteiger partial charge in [-0.15, -0.1) is 5.54 Å². The molecule has 0 aromatic rings. The Hall–Kier alpha value is -0.0462. The Balaban J connectivity index is 3.75. The quantitative estimate of drug-likeness (QED) is 0.531. The fourth-order valence-electron chi connectivity index (χ4n) is 0.619. The molecule has 0 aliphatic heterocycles. The molecule has 70 valence electrons. The lowest BCUT2D eigenvalue weighted by atomic mass is 10.7. The molecule has 0 saturated heterocycles. The predicted octanol–water partition coefficient (Wildman–Crippen LogP) is 2.29. The monoisotopic (exact) mass is 199 g/mol. The van der Waals surface area contributed by atoms with E-state index in [9.17, 15) is 0 Å². The summed E-state index contributed by atoms with van der Waals surface area (Å²) in [5.74, 6) is 3.22. The second-order valence-electron chi connectivity index (χ2n) is 5.16. The van der Waals surface area contributed by atoms with E-state index in [0.717, 1.165) is 6.54 Å². The zero-order chi connectivity index (χ0) is 9.83. The van der Waals surface area contributed by atoms with Crippen LogP contribution in [0.4, 0.5) is 0 Å². The van der Waals surface area contributed by atoms with Gasteiger partial charge in [0.2, 0.25) is 0 Å². The zero-order valence-corrected chi connectivity index (χ0v) is 11.2. The highest BCUT2D eigenvalue weighted by molar-refractivity contribution is 6.83. The maximum absolute atomic E-state index is 3.48. The Kier molecular flexibility index (Phi) is 4.25. The molecule has 0 aliphatic rings. The van der Waals surface area contributed by atoms with Gasteiger partial charge in [-0.05, 0) is 0 Å². The van der Waals surface area contributed by atoms with Crippen molar-refractivity contribution in [1.29, 1.82) is 0 Å². The minimum absolute atomic E-state index is 0.875. The smallest absolute Gasteiger partial charge is 0.129 e. The molecule has 0 saturated carbocycles. The maximum atomic E-state index is 3.48. The number of hydrogen-bond donors (Lipinski definition) is 1. The minimum atomic E-state index is -1.14. The SMILES string of the molecule is C[Si](C)(C)C#CCN[Si](C)(C)C. The molecule has 0 aliphatic carbocycles. The first-order valence-electron chi connectivity index (χ1n) is 4.46. The summed E-state index contributed by atoms with van der Waals surface area (Å²) in [6.45, 7) is 14.6. The fraction of sp³-hybridized carbons (Fsp3) is 0.778. The van der Waals surface area contributed by atoms with Crippen molar-refractivity contribution in [3.63, 3.8) is 0 Å². The van der Waals surface area contributed by atoms with Gasteiger partial charge in [0, 0.05) is 0 Å². The van der Waals surface area contributed by atoms with Gasteiger partial charge in [-0.2, -0.15) is 0 Å². The zero-order valence-electron chi connectivity index (χ0n) is 9.21. The Morgan fingerprint density at radius 1 is 1.00 bits per heavy atom. The van der Waals surface area contributed by atoms with E-state index in [0.29, 0.717) is 0 Å². The Labute approximate surface area is 79.0 Å². The van der Waals surface area contributed by atoms with E-state index in [1.807, 2.05) is 0 Å². The predicted molar refractivity (Wildman–Crippen MR) is 62.5 cm³/mol. The van der Waals surface area contributed by atoms with Crippen molar-refractivity contribution in [2.75, 3.05) is 6.54 Å². The van der Waals surface area contributed by atoms with Crippen LogP contribution in [0.25, 0.3) is 0 Å². The molecular weight excluding hydrogens is 178 g/mol. The molecular formula is C9H21NSi2. The molecule has 0 aromatic carbocycles. The molecule has 0 heterocycles. The van der Waals surface area contributed by atoms with Crippen molar-refractivity contribution < 1.29 is 0 Å². The van der Waals surface area contributed by atoms with Gasteiger partial charge in [-0.25, -0.2) is 0 Å². The van der Waals surface area contributed by atoms with Crippen LogP contribution < -0.4 is 4.98 Å². The molecule has 0 rings (SSSR count). The molecule has 0 unspecified atom stereocenters. The maximum Gasteiger partial charge on any atom is 0.129 e. The van der Waals surface area contributed by atoms with Crippen molar-refractivity contribution in [1.82, 2.24) is 4.98 Å². The summed E-state index contributed by atoms with van der Waals surface area (Å²) in [5, 5.41) is 0. The molecule has 0 radical (unpaired) electrons.